The van der Waals surface area contributed by atoms with Crippen molar-refractivity contribution in [2.24, 2.45) is 11.3 Å². The minimum absolute atomic E-state index is 0.280. The average Bonchev–Trinajstić information content (AvgIpc) is 2.41. The number of morpholine rings is 1. The van der Waals surface area contributed by atoms with Crippen LogP contribution in [-0.4, -0.2) is 48.3 Å². The van der Waals surface area contributed by atoms with Crippen molar-refractivity contribution in [2.45, 2.75) is 52.1 Å². The van der Waals surface area contributed by atoms with Gasteiger partial charge in [-0.2, -0.15) is 0 Å². The Morgan fingerprint density at radius 3 is 2.68 bits per heavy atom. The van der Waals surface area contributed by atoms with Gasteiger partial charge >= 0.3 is 5.97 Å². The van der Waals surface area contributed by atoms with E-state index in [1.54, 1.807) is 0 Å². The van der Waals surface area contributed by atoms with Crippen molar-refractivity contribution < 1.29 is 14.6 Å². The molecule has 1 unspecified atom stereocenters. The Balaban J connectivity index is 1.98. The van der Waals surface area contributed by atoms with E-state index in [1.807, 2.05) is 0 Å². The first kappa shape index (κ1) is 14.8. The van der Waals surface area contributed by atoms with Crippen molar-refractivity contribution >= 4 is 5.97 Å². The second-order valence-corrected chi connectivity index (χ2v) is 6.40. The molecule has 110 valence electrons. The smallest absolute Gasteiger partial charge is 0.310 e. The van der Waals surface area contributed by atoms with Crippen LogP contribution in [0.2, 0.25) is 0 Å². The van der Waals surface area contributed by atoms with E-state index in [9.17, 15) is 9.90 Å². The summed E-state index contributed by atoms with van der Waals surface area (Å²) < 4.78 is 5.67. The van der Waals surface area contributed by atoms with E-state index in [2.05, 4.69) is 18.7 Å². The topological polar surface area (TPSA) is 49.8 Å². The minimum Gasteiger partial charge on any atom is -0.481 e. The maximum Gasteiger partial charge on any atom is 0.310 e. The Hall–Kier alpha value is -0.610. The monoisotopic (exact) mass is 269 g/mol. The van der Waals surface area contributed by atoms with E-state index in [0.29, 0.717) is 12.5 Å². The molecule has 1 heterocycles. The second-order valence-electron chi connectivity index (χ2n) is 6.40. The predicted molar refractivity (Wildman–Crippen MR) is 74.2 cm³/mol. The molecule has 0 amide bonds. The Morgan fingerprint density at radius 1 is 1.42 bits per heavy atom. The zero-order valence-electron chi connectivity index (χ0n) is 12.2. The molecule has 2 rings (SSSR count). The van der Waals surface area contributed by atoms with Gasteiger partial charge in [-0.1, -0.05) is 13.8 Å². The molecular weight excluding hydrogens is 242 g/mol. The molecule has 1 saturated carbocycles. The molecule has 2 aliphatic rings. The number of ether oxygens (including phenoxy) is 1. The van der Waals surface area contributed by atoms with Gasteiger partial charge in [0, 0.05) is 19.6 Å². The lowest BCUT2D eigenvalue weighted by Gasteiger charge is -2.42. The van der Waals surface area contributed by atoms with Crippen molar-refractivity contribution in [2.75, 3.05) is 26.2 Å². The van der Waals surface area contributed by atoms with Crippen LogP contribution < -0.4 is 0 Å². The summed E-state index contributed by atoms with van der Waals surface area (Å²) in [7, 11) is 0. The third-order valence-electron chi connectivity index (χ3n) is 4.89. The Bertz CT molecular complexity index is 311. The lowest BCUT2D eigenvalue weighted by molar-refractivity contribution is -0.154. The van der Waals surface area contributed by atoms with E-state index in [0.717, 1.165) is 51.8 Å². The Labute approximate surface area is 116 Å². The molecule has 0 aromatic rings. The molecule has 0 radical (unpaired) electrons. The van der Waals surface area contributed by atoms with E-state index in [4.69, 9.17) is 4.74 Å². The minimum atomic E-state index is -0.598. The summed E-state index contributed by atoms with van der Waals surface area (Å²) in [6.45, 7) is 7.57. The van der Waals surface area contributed by atoms with E-state index in [-0.39, 0.29) is 6.10 Å². The van der Waals surface area contributed by atoms with Gasteiger partial charge in [0.05, 0.1) is 18.1 Å². The van der Waals surface area contributed by atoms with Crippen LogP contribution in [0.15, 0.2) is 0 Å². The summed E-state index contributed by atoms with van der Waals surface area (Å²) in [5.74, 6) is 0.0829. The first-order valence-electron chi connectivity index (χ1n) is 7.63. The van der Waals surface area contributed by atoms with Gasteiger partial charge in [-0.3, -0.25) is 9.69 Å². The van der Waals surface area contributed by atoms with E-state index < -0.39 is 11.4 Å². The van der Waals surface area contributed by atoms with Crippen molar-refractivity contribution in [3.63, 3.8) is 0 Å². The Morgan fingerprint density at radius 2 is 2.11 bits per heavy atom. The van der Waals surface area contributed by atoms with Crippen molar-refractivity contribution in [1.82, 2.24) is 4.90 Å². The normalized spacial score (nSPS) is 37.2. The van der Waals surface area contributed by atoms with Gasteiger partial charge in [0.1, 0.15) is 0 Å². The molecule has 4 heteroatoms. The molecule has 4 nitrogen and oxygen atoms in total. The standard InChI is InChI=1S/C15H27NO3/c1-3-13-10-16(8-9-19-13)11-15(14(17)18)6-4-12(2)5-7-15/h12-13H,3-11H2,1-2H3,(H,17,18). The fraction of sp³-hybridized carbons (Fsp3) is 0.933. The molecule has 0 bridgehead atoms. The molecule has 0 spiro atoms. The van der Waals surface area contributed by atoms with Crippen LogP contribution in [0.4, 0.5) is 0 Å². The van der Waals surface area contributed by atoms with Crippen LogP contribution in [-0.2, 0) is 9.53 Å². The quantitative estimate of drug-likeness (QED) is 0.851. The molecule has 1 aliphatic heterocycles. The van der Waals surface area contributed by atoms with Crippen LogP contribution in [0, 0.1) is 11.3 Å². The fourth-order valence-corrected chi connectivity index (χ4v) is 3.35. The summed E-state index contributed by atoms with van der Waals surface area (Å²) in [4.78, 5) is 14.1. The SMILES string of the molecule is CCC1CN(CC2(C(=O)O)CCC(C)CC2)CCO1. The highest BCUT2D eigenvalue weighted by atomic mass is 16.5. The molecule has 1 saturated heterocycles. The molecule has 0 aromatic heterocycles. The van der Waals surface area contributed by atoms with Crippen LogP contribution in [0.5, 0.6) is 0 Å². The summed E-state index contributed by atoms with van der Waals surface area (Å²) >= 11 is 0. The molecule has 1 N–H and O–H groups in total. The zero-order chi connectivity index (χ0) is 13.9. The molecule has 0 aromatic carbocycles. The third-order valence-corrected chi connectivity index (χ3v) is 4.89. The largest absolute Gasteiger partial charge is 0.481 e. The van der Waals surface area contributed by atoms with E-state index >= 15 is 0 Å². The maximum absolute atomic E-state index is 11.7. The van der Waals surface area contributed by atoms with Gasteiger partial charge in [0.25, 0.3) is 0 Å². The molecule has 1 atom stereocenters. The number of hydrogen-bond acceptors (Lipinski definition) is 3. The predicted octanol–water partition coefficient (Wildman–Crippen LogP) is 2.38. The highest BCUT2D eigenvalue weighted by Crippen LogP contribution is 2.40. The lowest BCUT2D eigenvalue weighted by Crippen LogP contribution is -2.50. The summed E-state index contributed by atoms with van der Waals surface area (Å²) in [5.41, 5.74) is -0.512. The van der Waals surface area contributed by atoms with Crippen LogP contribution in [0.3, 0.4) is 0 Å². The second kappa shape index (κ2) is 6.23. The first-order chi connectivity index (χ1) is 9.05. The maximum atomic E-state index is 11.7. The van der Waals surface area contributed by atoms with Crippen molar-refractivity contribution in [1.29, 1.82) is 0 Å². The number of aliphatic carboxylic acids is 1. The van der Waals surface area contributed by atoms with Crippen LogP contribution in [0.1, 0.15) is 46.0 Å². The highest BCUT2D eigenvalue weighted by molar-refractivity contribution is 5.75. The average molecular weight is 269 g/mol. The number of carboxylic acids is 1. The molecule has 1 aliphatic carbocycles. The van der Waals surface area contributed by atoms with Gasteiger partial charge in [0.15, 0.2) is 0 Å². The lowest BCUT2D eigenvalue weighted by atomic mass is 9.70. The van der Waals surface area contributed by atoms with Gasteiger partial charge < -0.3 is 9.84 Å². The number of rotatable bonds is 4. The number of hydrogen-bond donors (Lipinski definition) is 1. The van der Waals surface area contributed by atoms with Gasteiger partial charge in [-0.15, -0.1) is 0 Å². The molecular formula is C15H27NO3. The van der Waals surface area contributed by atoms with Crippen molar-refractivity contribution in [3.8, 4) is 0 Å². The number of carbonyl (C=O) groups is 1. The summed E-state index contributed by atoms with van der Waals surface area (Å²) in [6.07, 6.45) is 5.05. The fourth-order valence-electron chi connectivity index (χ4n) is 3.35. The van der Waals surface area contributed by atoms with Gasteiger partial charge in [0.2, 0.25) is 0 Å². The molecule has 2 fully saturated rings. The van der Waals surface area contributed by atoms with Crippen LogP contribution in [0.25, 0.3) is 0 Å². The van der Waals surface area contributed by atoms with Crippen molar-refractivity contribution in [3.05, 3.63) is 0 Å². The third kappa shape index (κ3) is 3.48. The Kier molecular flexibility index (Phi) is 4.85. The van der Waals surface area contributed by atoms with Gasteiger partial charge in [-0.05, 0) is 38.0 Å². The highest BCUT2D eigenvalue weighted by Gasteiger charge is 2.43. The van der Waals surface area contributed by atoms with E-state index in [1.165, 1.54) is 0 Å². The van der Waals surface area contributed by atoms with Gasteiger partial charge in [-0.25, -0.2) is 0 Å². The summed E-state index contributed by atoms with van der Waals surface area (Å²) in [5, 5.41) is 9.67. The zero-order valence-corrected chi connectivity index (χ0v) is 12.2. The van der Waals surface area contributed by atoms with Crippen LogP contribution >= 0.6 is 0 Å². The summed E-state index contributed by atoms with van der Waals surface area (Å²) in [6, 6.07) is 0. The number of nitrogens with zero attached hydrogens (tertiary/aromatic N) is 1. The first-order valence-corrected chi connectivity index (χ1v) is 7.63. The molecule has 19 heavy (non-hydrogen) atoms. The number of carboxylic acid groups (broad SMARTS) is 1.